The highest BCUT2D eigenvalue weighted by molar-refractivity contribution is 7.91. The monoisotopic (exact) mass is 838 g/mol. The van der Waals surface area contributed by atoms with E-state index < -0.39 is 68.1 Å². The van der Waals surface area contributed by atoms with Crippen LogP contribution in [0.5, 0.6) is 5.88 Å². The number of hydrogen-bond donors (Lipinski definition) is 3. The molecule has 0 bridgehead atoms. The Kier molecular flexibility index (Phi) is 10.6. The molecule has 1 saturated heterocycles. The zero-order valence-corrected chi connectivity index (χ0v) is 35.9. The molecule has 0 spiro atoms. The summed E-state index contributed by atoms with van der Waals surface area (Å²) in [6, 6.07) is 13.5. The van der Waals surface area contributed by atoms with E-state index in [1.54, 1.807) is 20.8 Å². The van der Waals surface area contributed by atoms with Crippen LogP contribution >= 0.6 is 0 Å². The van der Waals surface area contributed by atoms with Crippen molar-refractivity contribution in [1.82, 2.24) is 30.2 Å². The zero-order chi connectivity index (χ0) is 42.8. The third kappa shape index (κ3) is 8.24. The van der Waals surface area contributed by atoms with Crippen LogP contribution in [0.2, 0.25) is 0 Å². The molecule has 15 heteroatoms. The molecule has 4 amide bonds. The summed E-state index contributed by atoms with van der Waals surface area (Å²) >= 11 is 0. The summed E-state index contributed by atoms with van der Waals surface area (Å²) < 4.78 is 41.1. The number of nitrogens with one attached hydrogen (secondary N) is 3. The highest BCUT2D eigenvalue weighted by Gasteiger charge is 2.62. The Hall–Kier alpha value is -5.31. The molecule has 2 aliphatic heterocycles. The van der Waals surface area contributed by atoms with Gasteiger partial charge in [-0.2, -0.15) is 4.98 Å². The van der Waals surface area contributed by atoms with Crippen molar-refractivity contribution in [2.75, 3.05) is 6.54 Å². The van der Waals surface area contributed by atoms with Crippen LogP contribution in [-0.4, -0.2) is 82.4 Å². The summed E-state index contributed by atoms with van der Waals surface area (Å²) in [6.07, 6.45) is 6.46. The first-order valence-corrected chi connectivity index (χ1v) is 22.5. The highest BCUT2D eigenvalue weighted by atomic mass is 32.2. The number of benzene rings is 2. The minimum atomic E-state index is -3.91. The van der Waals surface area contributed by atoms with E-state index in [0.717, 1.165) is 16.5 Å². The van der Waals surface area contributed by atoms with Crippen molar-refractivity contribution in [3.05, 3.63) is 66.2 Å². The van der Waals surface area contributed by atoms with Gasteiger partial charge >= 0.3 is 0 Å². The number of furan rings is 1. The topological polar surface area (TPSA) is 190 Å². The number of nitrogens with zero attached hydrogens (tertiary/aromatic N) is 3. The molecule has 4 aliphatic rings. The van der Waals surface area contributed by atoms with Crippen molar-refractivity contribution in [3.8, 4) is 17.3 Å². The fraction of sp³-hybridized carbons (Fsp3) is 0.511. The molecule has 14 nitrogen and oxygen atoms in total. The van der Waals surface area contributed by atoms with Gasteiger partial charge in [0, 0.05) is 28.7 Å². The number of hydrogen-bond acceptors (Lipinski definition) is 10. The molecule has 0 radical (unpaired) electrons. The molecule has 318 valence electrons. The predicted molar refractivity (Wildman–Crippen MR) is 226 cm³/mol. The third-order valence-electron chi connectivity index (χ3n) is 12.1. The molecule has 8 rings (SSSR count). The standard InChI is InChI=1S/C45H54N6O8S/c1-43(2,3)27-19-17-26(18-20-27)37-47-35-31-14-11-12-16-34(31)59-36(35)39(48-37)58-29-23-33-38(52)49-45(42(55)50-60(56,57)30-21-22-30)24-28(45)13-9-7-8-10-15-32(40(53)51(33)25-29)46-41(54)44(4,5)6/h9,11-14,16-20,28-30,32-33H,7-8,10,15,21-25H2,1-6H3,(H,46,54)(H,49,52)(H,50,55)/b13-9-. The van der Waals surface area contributed by atoms with E-state index in [2.05, 4.69) is 36.1 Å². The molecule has 2 aromatic carbocycles. The van der Waals surface area contributed by atoms with E-state index in [0.29, 0.717) is 61.0 Å². The lowest BCUT2D eigenvalue weighted by Gasteiger charge is -2.31. The molecular weight excluding hydrogens is 785 g/mol. The van der Waals surface area contributed by atoms with E-state index in [4.69, 9.17) is 19.1 Å². The molecule has 5 unspecified atom stereocenters. The summed E-state index contributed by atoms with van der Waals surface area (Å²) in [5, 5.41) is 5.99. The fourth-order valence-electron chi connectivity index (χ4n) is 8.10. The highest BCUT2D eigenvalue weighted by Crippen LogP contribution is 2.46. The lowest BCUT2D eigenvalue weighted by atomic mass is 9.87. The van der Waals surface area contributed by atoms with E-state index >= 15 is 0 Å². The summed E-state index contributed by atoms with van der Waals surface area (Å²) in [5.74, 6) is -2.07. The lowest BCUT2D eigenvalue weighted by Crippen LogP contribution is -2.58. The van der Waals surface area contributed by atoms with Gasteiger partial charge in [-0.3, -0.25) is 23.9 Å². The predicted octanol–water partition coefficient (Wildman–Crippen LogP) is 5.83. The van der Waals surface area contributed by atoms with Gasteiger partial charge in [0.25, 0.3) is 11.8 Å². The Balaban J connectivity index is 1.15. The van der Waals surface area contributed by atoms with Gasteiger partial charge in [0.1, 0.15) is 34.8 Å². The quantitative estimate of drug-likeness (QED) is 0.191. The maximum Gasteiger partial charge on any atom is 0.262 e. The van der Waals surface area contributed by atoms with Gasteiger partial charge in [-0.25, -0.2) is 13.4 Å². The van der Waals surface area contributed by atoms with Crippen molar-refractivity contribution >= 4 is 55.7 Å². The molecule has 2 saturated carbocycles. The van der Waals surface area contributed by atoms with Crippen LogP contribution in [0.3, 0.4) is 0 Å². The number of amides is 4. The van der Waals surface area contributed by atoms with Crippen LogP contribution in [0.4, 0.5) is 0 Å². The molecule has 60 heavy (non-hydrogen) atoms. The zero-order valence-electron chi connectivity index (χ0n) is 35.0. The summed E-state index contributed by atoms with van der Waals surface area (Å²) in [7, 11) is -3.91. The Labute approximate surface area is 350 Å². The van der Waals surface area contributed by atoms with Gasteiger partial charge in [0.15, 0.2) is 5.82 Å². The molecule has 5 atom stereocenters. The summed E-state index contributed by atoms with van der Waals surface area (Å²) in [5.41, 5.74) is 0.984. The van der Waals surface area contributed by atoms with Gasteiger partial charge in [0.05, 0.1) is 11.8 Å². The number of carbonyl (C=O) groups is 4. The summed E-state index contributed by atoms with van der Waals surface area (Å²) in [4.78, 5) is 67.7. The SMILES string of the molecule is CC(C)(C)C(=O)NC1CCCC/C=C\C2CC2(C(=O)NS(=O)(=O)C2CC2)NC(=O)C2CC(Oc3nc(-c4ccc(C(C)(C)C)cc4)nc4c3oc3ccccc34)CN2C1=O. The normalized spacial score (nSPS) is 25.8. The number of ether oxygens (including phenoxy) is 1. The van der Waals surface area contributed by atoms with E-state index in [9.17, 15) is 27.6 Å². The molecular formula is C45H54N6O8S. The second kappa shape index (κ2) is 15.3. The smallest absolute Gasteiger partial charge is 0.262 e. The number of sulfonamides is 1. The van der Waals surface area contributed by atoms with Crippen molar-refractivity contribution in [3.63, 3.8) is 0 Å². The number of allylic oxidation sites excluding steroid dienone is 1. The number of carbonyl (C=O) groups excluding carboxylic acids is 4. The average Bonchev–Trinajstić information content (AvgIpc) is 4.09. The second-order valence-electron chi connectivity index (χ2n) is 18.9. The van der Waals surface area contributed by atoms with Crippen LogP contribution in [0, 0.1) is 11.3 Å². The Morgan fingerprint density at radius 2 is 1.70 bits per heavy atom. The van der Waals surface area contributed by atoms with Gasteiger partial charge in [-0.05, 0) is 61.6 Å². The van der Waals surface area contributed by atoms with Crippen LogP contribution in [-0.2, 0) is 34.6 Å². The number of aromatic nitrogens is 2. The fourth-order valence-corrected chi connectivity index (χ4v) is 9.46. The average molecular weight is 839 g/mol. The first kappa shape index (κ1) is 41.4. The van der Waals surface area contributed by atoms with Crippen LogP contribution in [0.1, 0.15) is 98.5 Å². The number of para-hydroxylation sites is 1. The first-order chi connectivity index (χ1) is 28.3. The minimum absolute atomic E-state index is 0.0113. The Morgan fingerprint density at radius 1 is 0.967 bits per heavy atom. The largest absolute Gasteiger partial charge is 0.470 e. The van der Waals surface area contributed by atoms with Crippen molar-refractivity contribution in [2.45, 2.75) is 127 Å². The molecule has 3 fully saturated rings. The number of rotatable bonds is 7. The first-order valence-electron chi connectivity index (χ1n) is 21.0. The van der Waals surface area contributed by atoms with Crippen molar-refractivity contribution < 1.29 is 36.7 Å². The molecule has 3 N–H and O–H groups in total. The Bertz CT molecular complexity index is 2500. The molecule has 4 heterocycles. The second-order valence-corrected chi connectivity index (χ2v) is 20.8. The maximum absolute atomic E-state index is 14.7. The van der Waals surface area contributed by atoms with E-state index in [-0.39, 0.29) is 36.6 Å². The van der Waals surface area contributed by atoms with Gasteiger partial charge in [-0.1, -0.05) is 96.5 Å². The third-order valence-corrected chi connectivity index (χ3v) is 13.9. The van der Waals surface area contributed by atoms with Gasteiger partial charge in [0.2, 0.25) is 33.3 Å². The van der Waals surface area contributed by atoms with Crippen LogP contribution in [0.25, 0.3) is 33.5 Å². The van der Waals surface area contributed by atoms with Crippen LogP contribution in [0.15, 0.2) is 65.1 Å². The molecule has 4 aromatic rings. The van der Waals surface area contributed by atoms with Crippen LogP contribution < -0.4 is 20.1 Å². The minimum Gasteiger partial charge on any atom is -0.470 e. The maximum atomic E-state index is 14.7. The summed E-state index contributed by atoms with van der Waals surface area (Å²) in [6.45, 7) is 11.7. The molecule has 2 aromatic heterocycles. The van der Waals surface area contributed by atoms with Gasteiger partial charge in [-0.15, -0.1) is 0 Å². The lowest BCUT2D eigenvalue weighted by molar-refractivity contribution is -0.143. The number of fused-ring (bicyclic) bond motifs is 5. The van der Waals surface area contributed by atoms with Crippen molar-refractivity contribution in [2.24, 2.45) is 11.3 Å². The van der Waals surface area contributed by atoms with Crippen molar-refractivity contribution in [1.29, 1.82) is 0 Å². The van der Waals surface area contributed by atoms with E-state index in [1.165, 1.54) is 4.90 Å². The van der Waals surface area contributed by atoms with Gasteiger partial charge < -0.3 is 24.7 Å². The van der Waals surface area contributed by atoms with E-state index in [1.807, 2.05) is 60.7 Å². The Morgan fingerprint density at radius 3 is 2.40 bits per heavy atom. The molecule has 2 aliphatic carbocycles.